The summed E-state index contributed by atoms with van der Waals surface area (Å²) >= 11 is 0. The fourth-order valence-corrected chi connectivity index (χ4v) is 3.25. The van der Waals surface area contributed by atoms with E-state index in [9.17, 15) is 9.18 Å². The molecule has 0 bridgehead atoms. The van der Waals surface area contributed by atoms with Crippen LogP contribution in [0.25, 0.3) is 0 Å². The highest BCUT2D eigenvalue weighted by molar-refractivity contribution is 5.85. The monoisotopic (exact) mass is 421 g/mol. The van der Waals surface area contributed by atoms with Crippen molar-refractivity contribution in [1.29, 1.82) is 0 Å². The normalized spacial score (nSPS) is 16.8. The Bertz CT molecular complexity index is 717. The van der Waals surface area contributed by atoms with Gasteiger partial charge in [0.2, 0.25) is 5.91 Å². The summed E-state index contributed by atoms with van der Waals surface area (Å²) in [6.07, 6.45) is 2.89. The molecule has 1 aromatic carbocycles. The van der Waals surface area contributed by atoms with E-state index < -0.39 is 0 Å². The molecular weight excluding hydrogens is 385 g/mol. The van der Waals surface area contributed by atoms with Gasteiger partial charge in [0.15, 0.2) is 17.5 Å². The molecule has 1 atom stereocenters. The molecule has 0 radical (unpaired) electrons. The Morgan fingerprint density at radius 1 is 1.37 bits per heavy atom. The van der Waals surface area contributed by atoms with Crippen LogP contribution in [0.1, 0.15) is 38.7 Å². The Morgan fingerprint density at radius 3 is 2.63 bits per heavy atom. The molecule has 2 N–H and O–H groups in total. The van der Waals surface area contributed by atoms with E-state index in [1.165, 1.54) is 7.11 Å². The second kappa shape index (κ2) is 11.7. The Labute approximate surface area is 179 Å². The second-order valence-electron chi connectivity index (χ2n) is 8.07. The molecule has 1 aromatic rings. The maximum absolute atomic E-state index is 13.9. The SMILES string of the molecule is CCC(C)NC(=NCC(=O)N(C)C)NC1CCN(Cc2ccc(OC)c(F)c2)CC1. The minimum atomic E-state index is -0.323. The Hall–Kier alpha value is -2.35. The topological polar surface area (TPSA) is 69.2 Å². The van der Waals surface area contributed by atoms with Gasteiger partial charge in [-0.3, -0.25) is 9.69 Å². The summed E-state index contributed by atoms with van der Waals surface area (Å²) in [6.45, 7) is 6.89. The van der Waals surface area contributed by atoms with Crippen molar-refractivity contribution < 1.29 is 13.9 Å². The van der Waals surface area contributed by atoms with Gasteiger partial charge in [0.25, 0.3) is 0 Å². The van der Waals surface area contributed by atoms with Gasteiger partial charge in [-0.2, -0.15) is 0 Å². The standard InChI is InChI=1S/C22H36FN5O2/c1-6-16(2)25-22(24-14-21(29)27(3)4)26-18-9-11-28(12-10-18)15-17-7-8-20(30-5)19(23)13-17/h7-8,13,16,18H,6,9-12,14-15H2,1-5H3,(H2,24,25,26). The fourth-order valence-electron chi connectivity index (χ4n) is 3.25. The Morgan fingerprint density at radius 2 is 2.07 bits per heavy atom. The number of halogens is 1. The number of carbonyl (C=O) groups is 1. The van der Waals surface area contributed by atoms with Gasteiger partial charge in [0, 0.05) is 45.8 Å². The molecule has 1 aliphatic rings. The number of piperidine rings is 1. The van der Waals surface area contributed by atoms with Gasteiger partial charge >= 0.3 is 0 Å². The van der Waals surface area contributed by atoms with Crippen molar-refractivity contribution in [2.45, 2.75) is 51.7 Å². The third-order valence-corrected chi connectivity index (χ3v) is 5.42. The summed E-state index contributed by atoms with van der Waals surface area (Å²) in [5.41, 5.74) is 0.947. The van der Waals surface area contributed by atoms with Crippen molar-refractivity contribution in [2.24, 2.45) is 4.99 Å². The first-order valence-electron chi connectivity index (χ1n) is 10.6. The number of amides is 1. The number of likely N-dealkylation sites (tertiary alicyclic amines) is 1. The summed E-state index contributed by atoms with van der Waals surface area (Å²) in [6, 6.07) is 5.70. The predicted octanol–water partition coefficient (Wildman–Crippen LogP) is 2.22. The molecule has 0 saturated carbocycles. The molecule has 0 spiro atoms. The first kappa shape index (κ1) is 23.9. The average molecular weight is 422 g/mol. The lowest BCUT2D eigenvalue weighted by atomic mass is 10.0. The van der Waals surface area contributed by atoms with Gasteiger partial charge in [-0.25, -0.2) is 9.38 Å². The summed E-state index contributed by atoms with van der Waals surface area (Å²) in [4.78, 5) is 20.2. The lowest BCUT2D eigenvalue weighted by Crippen LogP contribution is -2.50. The second-order valence-corrected chi connectivity index (χ2v) is 8.07. The number of nitrogens with one attached hydrogen (secondary N) is 2. The number of nitrogens with zero attached hydrogens (tertiary/aromatic N) is 3. The number of benzene rings is 1. The van der Waals surface area contributed by atoms with Crippen molar-refractivity contribution in [3.8, 4) is 5.75 Å². The van der Waals surface area contributed by atoms with Crippen molar-refractivity contribution >= 4 is 11.9 Å². The van der Waals surface area contributed by atoms with Crippen molar-refractivity contribution in [1.82, 2.24) is 20.4 Å². The maximum atomic E-state index is 13.9. The van der Waals surface area contributed by atoms with Crippen LogP contribution in [0.5, 0.6) is 5.75 Å². The van der Waals surface area contributed by atoms with Gasteiger partial charge in [-0.15, -0.1) is 0 Å². The molecule has 0 aromatic heterocycles. The zero-order chi connectivity index (χ0) is 22.1. The van der Waals surface area contributed by atoms with Crippen LogP contribution < -0.4 is 15.4 Å². The summed E-state index contributed by atoms with van der Waals surface area (Å²) in [7, 11) is 4.94. The quantitative estimate of drug-likeness (QED) is 0.498. The molecule has 2 rings (SSSR count). The molecule has 8 heteroatoms. The zero-order valence-corrected chi connectivity index (χ0v) is 18.9. The van der Waals surface area contributed by atoms with E-state index in [4.69, 9.17) is 4.74 Å². The number of ether oxygens (including phenoxy) is 1. The Kier molecular flexibility index (Phi) is 9.36. The molecule has 7 nitrogen and oxygen atoms in total. The minimum Gasteiger partial charge on any atom is -0.494 e. The smallest absolute Gasteiger partial charge is 0.243 e. The molecule has 1 amide bonds. The van der Waals surface area contributed by atoms with E-state index in [1.54, 1.807) is 31.1 Å². The van der Waals surface area contributed by atoms with Crippen LogP contribution in [0.2, 0.25) is 0 Å². The largest absolute Gasteiger partial charge is 0.494 e. The molecule has 0 aliphatic carbocycles. The van der Waals surface area contributed by atoms with E-state index in [0.29, 0.717) is 12.0 Å². The predicted molar refractivity (Wildman–Crippen MR) is 118 cm³/mol. The van der Waals surface area contributed by atoms with Crippen molar-refractivity contribution in [2.75, 3.05) is 40.8 Å². The zero-order valence-electron chi connectivity index (χ0n) is 18.9. The molecule has 30 heavy (non-hydrogen) atoms. The number of hydrogen-bond acceptors (Lipinski definition) is 4. The molecule has 1 fully saturated rings. The van der Waals surface area contributed by atoms with Gasteiger partial charge in [-0.05, 0) is 43.9 Å². The highest BCUT2D eigenvalue weighted by atomic mass is 19.1. The molecule has 1 aliphatic heterocycles. The van der Waals surface area contributed by atoms with Crippen molar-refractivity contribution in [3.05, 3.63) is 29.6 Å². The number of likely N-dealkylation sites (N-methyl/N-ethyl adjacent to an activating group) is 1. The summed E-state index contributed by atoms with van der Waals surface area (Å²) in [5.74, 6) is 0.614. The average Bonchev–Trinajstić information content (AvgIpc) is 2.73. The number of hydrogen-bond donors (Lipinski definition) is 2. The number of methoxy groups -OCH3 is 1. The first-order valence-corrected chi connectivity index (χ1v) is 10.6. The minimum absolute atomic E-state index is 0.0261. The highest BCUT2D eigenvalue weighted by Crippen LogP contribution is 2.20. The number of carbonyl (C=O) groups excluding carboxylic acids is 1. The van der Waals surface area contributed by atoms with Gasteiger partial charge in [-0.1, -0.05) is 13.0 Å². The van der Waals surface area contributed by atoms with Crippen LogP contribution >= 0.6 is 0 Å². The van der Waals surface area contributed by atoms with Crippen LogP contribution in [-0.2, 0) is 11.3 Å². The van der Waals surface area contributed by atoms with Crippen LogP contribution in [-0.4, -0.2) is 74.6 Å². The van der Waals surface area contributed by atoms with E-state index >= 15 is 0 Å². The van der Waals surface area contributed by atoms with Gasteiger partial charge in [0.05, 0.1) is 7.11 Å². The summed E-state index contributed by atoms with van der Waals surface area (Å²) in [5, 5.41) is 6.87. The van der Waals surface area contributed by atoms with Crippen LogP contribution in [0.15, 0.2) is 23.2 Å². The Balaban J connectivity index is 1.88. The third-order valence-electron chi connectivity index (χ3n) is 5.42. The first-order chi connectivity index (χ1) is 14.3. The number of aliphatic imine (C=N–C) groups is 1. The fraction of sp³-hybridized carbons (Fsp3) is 0.636. The van der Waals surface area contributed by atoms with Crippen LogP contribution in [0.3, 0.4) is 0 Å². The van der Waals surface area contributed by atoms with Crippen LogP contribution in [0.4, 0.5) is 4.39 Å². The lowest BCUT2D eigenvalue weighted by Gasteiger charge is -2.33. The van der Waals surface area contributed by atoms with Crippen molar-refractivity contribution in [3.63, 3.8) is 0 Å². The van der Waals surface area contributed by atoms with Crippen LogP contribution in [0, 0.1) is 5.82 Å². The van der Waals surface area contributed by atoms with E-state index in [1.807, 2.05) is 6.07 Å². The number of rotatable bonds is 8. The van der Waals surface area contributed by atoms with Gasteiger partial charge < -0.3 is 20.3 Å². The maximum Gasteiger partial charge on any atom is 0.243 e. The molecule has 1 unspecified atom stereocenters. The lowest BCUT2D eigenvalue weighted by molar-refractivity contribution is -0.127. The van der Waals surface area contributed by atoms with E-state index in [2.05, 4.69) is 34.4 Å². The third kappa shape index (κ3) is 7.48. The van der Waals surface area contributed by atoms with E-state index in [-0.39, 0.29) is 30.1 Å². The summed E-state index contributed by atoms with van der Waals surface area (Å²) < 4.78 is 18.9. The highest BCUT2D eigenvalue weighted by Gasteiger charge is 2.21. The molecular formula is C22H36FN5O2. The number of guanidine groups is 1. The molecule has 168 valence electrons. The molecule has 1 heterocycles. The van der Waals surface area contributed by atoms with E-state index in [0.717, 1.165) is 44.5 Å². The molecule has 1 saturated heterocycles. The van der Waals surface area contributed by atoms with Gasteiger partial charge in [0.1, 0.15) is 6.54 Å².